The first-order chi connectivity index (χ1) is 6.07. The van der Waals surface area contributed by atoms with Gasteiger partial charge in [-0.2, -0.15) is 0 Å². The van der Waals surface area contributed by atoms with Gasteiger partial charge in [-0.05, 0) is 12.1 Å². The number of aliphatic hydroxyl groups excluding tert-OH is 1. The molecule has 1 atom stereocenters. The number of hydrogen-bond donors (Lipinski definition) is 1. The van der Waals surface area contributed by atoms with Crippen LogP contribution >= 0.6 is 27.5 Å². The second-order valence-corrected chi connectivity index (χ2v) is 3.48. The molecule has 1 aromatic rings. The minimum atomic E-state index is -1.22. The first kappa shape index (κ1) is 10.9. The van der Waals surface area contributed by atoms with E-state index >= 15 is 0 Å². The lowest BCUT2D eigenvalue weighted by Crippen LogP contribution is -2.05. The molecule has 0 fully saturated rings. The molecule has 0 amide bonds. The smallest absolute Gasteiger partial charge is 0.150 e. The van der Waals surface area contributed by atoms with Gasteiger partial charge in [-0.25, -0.2) is 8.78 Å². The number of halogens is 4. The van der Waals surface area contributed by atoms with Crippen LogP contribution in [0.1, 0.15) is 11.7 Å². The summed E-state index contributed by atoms with van der Waals surface area (Å²) < 4.78 is 26.1. The molecule has 5 heteroatoms. The Labute approximate surface area is 87.5 Å². The minimum absolute atomic E-state index is 0.0567. The molecule has 0 aliphatic rings. The molecule has 0 heterocycles. The highest BCUT2D eigenvalue weighted by Crippen LogP contribution is 2.27. The lowest BCUT2D eigenvalue weighted by atomic mass is 10.1. The van der Waals surface area contributed by atoms with Gasteiger partial charge in [-0.15, -0.1) is 0 Å². The van der Waals surface area contributed by atoms with Gasteiger partial charge in [0.2, 0.25) is 0 Å². The molecule has 1 rings (SSSR count). The van der Waals surface area contributed by atoms with E-state index in [1.54, 1.807) is 0 Å². The quantitative estimate of drug-likeness (QED) is 0.647. The van der Waals surface area contributed by atoms with Crippen LogP contribution in [-0.2, 0) is 0 Å². The maximum atomic E-state index is 13.1. The molecule has 1 nitrogen and oxygen atoms in total. The summed E-state index contributed by atoms with van der Waals surface area (Å²) >= 11 is 8.34. The Morgan fingerprint density at radius 2 is 2.08 bits per heavy atom. The zero-order valence-corrected chi connectivity index (χ0v) is 8.74. The predicted molar refractivity (Wildman–Crippen MR) is 50.1 cm³/mol. The molecule has 1 N–H and O–H groups in total. The molecule has 1 unspecified atom stereocenters. The second kappa shape index (κ2) is 4.35. The number of benzene rings is 1. The lowest BCUT2D eigenvalue weighted by molar-refractivity contribution is 0.194. The Balaban J connectivity index is 3.25. The highest BCUT2D eigenvalue weighted by atomic mass is 79.9. The summed E-state index contributed by atoms with van der Waals surface area (Å²) in [6.07, 6.45) is -1.22. The summed E-state index contributed by atoms with van der Waals surface area (Å²) in [5, 5.41) is 9.09. The van der Waals surface area contributed by atoms with Gasteiger partial charge in [0, 0.05) is 5.33 Å². The molecular formula is C8H6BrClF2O. The largest absolute Gasteiger partial charge is 0.387 e. The zero-order valence-electron chi connectivity index (χ0n) is 6.40. The number of rotatable bonds is 2. The van der Waals surface area contributed by atoms with Crippen LogP contribution in [0.2, 0.25) is 5.02 Å². The summed E-state index contributed by atoms with van der Waals surface area (Å²) in [5.74, 6) is -1.71. The van der Waals surface area contributed by atoms with Crippen LogP contribution in [0.25, 0.3) is 0 Å². The van der Waals surface area contributed by atoms with Gasteiger partial charge in [0.25, 0.3) is 0 Å². The Kier molecular flexibility index (Phi) is 3.64. The highest BCUT2D eigenvalue weighted by Gasteiger charge is 2.18. The maximum absolute atomic E-state index is 13.1. The fourth-order valence-electron chi connectivity index (χ4n) is 0.925. The Hall–Kier alpha value is -0.190. The van der Waals surface area contributed by atoms with Crippen molar-refractivity contribution in [1.29, 1.82) is 0 Å². The average molecular weight is 271 g/mol. The summed E-state index contributed by atoms with van der Waals surface area (Å²) in [4.78, 5) is 0. The standard InChI is InChI=1S/C8H6BrClF2O/c9-3-6(13)7-5(11)2-1-4(10)8(7)12/h1-2,6,13H,3H2. The molecule has 1 aromatic carbocycles. The maximum Gasteiger partial charge on any atom is 0.150 e. The molecule has 13 heavy (non-hydrogen) atoms. The number of aliphatic hydroxyl groups is 1. The van der Waals surface area contributed by atoms with Crippen molar-refractivity contribution in [3.63, 3.8) is 0 Å². The van der Waals surface area contributed by atoms with Crippen LogP contribution in [0.4, 0.5) is 8.78 Å². The highest BCUT2D eigenvalue weighted by molar-refractivity contribution is 9.09. The Morgan fingerprint density at radius 3 is 2.62 bits per heavy atom. The molecular weight excluding hydrogens is 265 g/mol. The van der Waals surface area contributed by atoms with Crippen LogP contribution < -0.4 is 0 Å². The number of hydrogen-bond acceptors (Lipinski definition) is 1. The van der Waals surface area contributed by atoms with Gasteiger partial charge >= 0.3 is 0 Å². The Morgan fingerprint density at radius 1 is 1.46 bits per heavy atom. The molecule has 0 saturated carbocycles. The molecule has 0 saturated heterocycles. The third kappa shape index (κ3) is 2.18. The van der Waals surface area contributed by atoms with Crippen molar-refractivity contribution >= 4 is 27.5 Å². The van der Waals surface area contributed by atoms with Crippen molar-refractivity contribution in [2.75, 3.05) is 5.33 Å². The van der Waals surface area contributed by atoms with Crippen LogP contribution in [0.3, 0.4) is 0 Å². The van der Waals surface area contributed by atoms with E-state index in [9.17, 15) is 13.9 Å². The van der Waals surface area contributed by atoms with E-state index in [2.05, 4.69) is 15.9 Å². The summed E-state index contributed by atoms with van der Waals surface area (Å²) in [6.45, 7) is 0. The predicted octanol–water partition coefficient (Wildman–Crippen LogP) is 3.05. The summed E-state index contributed by atoms with van der Waals surface area (Å²) in [7, 11) is 0. The SMILES string of the molecule is OC(CBr)c1c(F)ccc(Cl)c1F. The van der Waals surface area contributed by atoms with Gasteiger partial charge in [-0.3, -0.25) is 0 Å². The van der Waals surface area contributed by atoms with Gasteiger partial charge in [-0.1, -0.05) is 27.5 Å². The fourth-order valence-corrected chi connectivity index (χ4v) is 1.41. The van der Waals surface area contributed by atoms with Crippen molar-refractivity contribution in [2.45, 2.75) is 6.10 Å². The summed E-state index contributed by atoms with van der Waals surface area (Å²) in [5.41, 5.74) is -0.399. The molecule has 0 radical (unpaired) electrons. The average Bonchev–Trinajstić information content (AvgIpc) is 2.12. The first-order valence-corrected chi connectivity index (χ1v) is 4.95. The van der Waals surface area contributed by atoms with E-state index in [-0.39, 0.29) is 10.4 Å². The van der Waals surface area contributed by atoms with Crippen molar-refractivity contribution in [3.8, 4) is 0 Å². The molecule has 0 aromatic heterocycles. The van der Waals surface area contributed by atoms with Crippen molar-refractivity contribution in [2.24, 2.45) is 0 Å². The van der Waals surface area contributed by atoms with Gasteiger partial charge in [0.05, 0.1) is 16.7 Å². The van der Waals surface area contributed by atoms with E-state index in [1.807, 2.05) is 0 Å². The number of alkyl halides is 1. The van der Waals surface area contributed by atoms with E-state index in [4.69, 9.17) is 11.6 Å². The topological polar surface area (TPSA) is 20.2 Å². The lowest BCUT2D eigenvalue weighted by Gasteiger charge is -2.10. The van der Waals surface area contributed by atoms with E-state index in [0.717, 1.165) is 12.1 Å². The Bertz CT molecular complexity index is 319. The minimum Gasteiger partial charge on any atom is -0.387 e. The molecule has 72 valence electrons. The van der Waals surface area contributed by atoms with E-state index in [1.165, 1.54) is 0 Å². The molecule has 0 spiro atoms. The zero-order chi connectivity index (χ0) is 10.0. The van der Waals surface area contributed by atoms with Crippen molar-refractivity contribution < 1.29 is 13.9 Å². The molecule has 0 aliphatic carbocycles. The van der Waals surface area contributed by atoms with E-state index < -0.39 is 23.3 Å². The third-order valence-corrected chi connectivity index (χ3v) is 2.46. The second-order valence-electron chi connectivity index (χ2n) is 2.43. The van der Waals surface area contributed by atoms with E-state index in [0.29, 0.717) is 0 Å². The van der Waals surface area contributed by atoms with Crippen LogP contribution in [0, 0.1) is 11.6 Å². The molecule has 0 bridgehead atoms. The van der Waals surface area contributed by atoms with Crippen LogP contribution in [0.5, 0.6) is 0 Å². The van der Waals surface area contributed by atoms with Crippen molar-refractivity contribution in [3.05, 3.63) is 34.4 Å². The van der Waals surface area contributed by atoms with Gasteiger partial charge < -0.3 is 5.11 Å². The van der Waals surface area contributed by atoms with Crippen LogP contribution in [0.15, 0.2) is 12.1 Å². The first-order valence-electron chi connectivity index (χ1n) is 3.45. The fraction of sp³-hybridized carbons (Fsp3) is 0.250. The monoisotopic (exact) mass is 270 g/mol. The summed E-state index contributed by atoms with van der Waals surface area (Å²) in [6, 6.07) is 2.13. The van der Waals surface area contributed by atoms with Gasteiger partial charge in [0.1, 0.15) is 5.82 Å². The normalized spacial score (nSPS) is 13.0. The third-order valence-electron chi connectivity index (χ3n) is 1.56. The van der Waals surface area contributed by atoms with Gasteiger partial charge in [0.15, 0.2) is 5.82 Å². The van der Waals surface area contributed by atoms with Crippen LogP contribution in [-0.4, -0.2) is 10.4 Å². The molecule has 0 aliphatic heterocycles. The van der Waals surface area contributed by atoms with Crippen molar-refractivity contribution in [1.82, 2.24) is 0 Å².